The van der Waals surface area contributed by atoms with Gasteiger partial charge in [-0.1, -0.05) is 13.8 Å². The zero-order valence-electron chi connectivity index (χ0n) is 7.13. The van der Waals surface area contributed by atoms with Gasteiger partial charge in [0, 0.05) is 0 Å². The second kappa shape index (κ2) is 2.24. The Bertz CT molecular complexity index is 180. The fraction of sp³-hybridized carbons (Fsp3) is 0.778. The SMILES string of the molecule is CC(C)C1(C2CC2)C=CON1. The maximum Gasteiger partial charge on any atom is 0.109 e. The van der Waals surface area contributed by atoms with Crippen LogP contribution >= 0.6 is 0 Å². The molecule has 1 N–H and O–H groups in total. The van der Waals surface area contributed by atoms with Gasteiger partial charge in [-0.2, -0.15) is 0 Å². The Hall–Kier alpha value is -0.500. The highest BCUT2D eigenvalue weighted by atomic mass is 16.6. The van der Waals surface area contributed by atoms with Crippen molar-refractivity contribution in [3.05, 3.63) is 12.3 Å². The Labute approximate surface area is 67.6 Å². The summed E-state index contributed by atoms with van der Waals surface area (Å²) in [6.45, 7) is 4.48. The quantitative estimate of drug-likeness (QED) is 0.653. The van der Waals surface area contributed by atoms with Gasteiger partial charge in [0.2, 0.25) is 0 Å². The summed E-state index contributed by atoms with van der Waals surface area (Å²) in [4.78, 5) is 5.09. The Morgan fingerprint density at radius 2 is 2.27 bits per heavy atom. The van der Waals surface area contributed by atoms with Gasteiger partial charge in [-0.3, -0.25) is 0 Å². The Kier molecular flexibility index (Phi) is 1.46. The van der Waals surface area contributed by atoms with Crippen LogP contribution in [-0.2, 0) is 4.84 Å². The van der Waals surface area contributed by atoms with Crippen LogP contribution in [0.5, 0.6) is 0 Å². The molecule has 2 rings (SSSR count). The van der Waals surface area contributed by atoms with Crippen molar-refractivity contribution >= 4 is 0 Å². The van der Waals surface area contributed by atoms with E-state index in [1.165, 1.54) is 12.8 Å². The molecule has 2 nitrogen and oxygen atoms in total. The molecule has 1 unspecified atom stereocenters. The molecule has 1 saturated carbocycles. The van der Waals surface area contributed by atoms with Gasteiger partial charge in [0.25, 0.3) is 0 Å². The van der Waals surface area contributed by atoms with E-state index in [1.807, 2.05) is 0 Å². The first-order valence-electron chi connectivity index (χ1n) is 4.36. The Balaban J connectivity index is 2.18. The molecule has 0 saturated heterocycles. The summed E-state index contributed by atoms with van der Waals surface area (Å²) in [5, 5.41) is 0. The Morgan fingerprint density at radius 1 is 1.55 bits per heavy atom. The van der Waals surface area contributed by atoms with Crippen LogP contribution in [-0.4, -0.2) is 5.54 Å². The van der Waals surface area contributed by atoms with Crippen molar-refractivity contribution in [3.63, 3.8) is 0 Å². The zero-order chi connectivity index (χ0) is 7.90. The van der Waals surface area contributed by atoms with Crippen molar-refractivity contribution in [2.75, 3.05) is 0 Å². The molecule has 1 heterocycles. The highest BCUT2D eigenvalue weighted by Crippen LogP contribution is 2.45. The first-order chi connectivity index (χ1) is 5.26. The van der Waals surface area contributed by atoms with Crippen molar-refractivity contribution in [1.29, 1.82) is 0 Å². The zero-order valence-corrected chi connectivity index (χ0v) is 7.13. The first kappa shape index (κ1) is 7.17. The van der Waals surface area contributed by atoms with E-state index in [1.54, 1.807) is 6.26 Å². The summed E-state index contributed by atoms with van der Waals surface area (Å²) in [5.41, 5.74) is 3.27. The summed E-state index contributed by atoms with van der Waals surface area (Å²) < 4.78 is 0. The van der Waals surface area contributed by atoms with E-state index in [-0.39, 0.29) is 5.54 Å². The summed E-state index contributed by atoms with van der Waals surface area (Å²) in [7, 11) is 0. The Morgan fingerprint density at radius 3 is 2.64 bits per heavy atom. The third kappa shape index (κ3) is 0.968. The van der Waals surface area contributed by atoms with Gasteiger partial charge in [0.1, 0.15) is 6.26 Å². The average Bonchev–Trinajstić information content (AvgIpc) is 2.69. The fourth-order valence-electron chi connectivity index (χ4n) is 1.88. The average molecular weight is 153 g/mol. The van der Waals surface area contributed by atoms with E-state index in [9.17, 15) is 0 Å². The molecular formula is C9H15NO. The molecule has 1 fully saturated rings. The third-order valence-corrected chi connectivity index (χ3v) is 2.86. The number of hydroxylamine groups is 1. The molecule has 0 radical (unpaired) electrons. The normalized spacial score (nSPS) is 36.3. The molecule has 62 valence electrons. The van der Waals surface area contributed by atoms with Crippen LogP contribution in [0.4, 0.5) is 0 Å². The van der Waals surface area contributed by atoms with Gasteiger partial charge in [-0.15, -0.1) is 5.48 Å². The van der Waals surface area contributed by atoms with Crippen LogP contribution in [0.2, 0.25) is 0 Å². The van der Waals surface area contributed by atoms with Gasteiger partial charge < -0.3 is 4.84 Å². The monoisotopic (exact) mass is 153 g/mol. The number of nitrogens with one attached hydrogen (secondary N) is 1. The van der Waals surface area contributed by atoms with Crippen LogP contribution in [0, 0.1) is 11.8 Å². The first-order valence-corrected chi connectivity index (χ1v) is 4.36. The second-order valence-electron chi connectivity index (χ2n) is 3.88. The molecular weight excluding hydrogens is 138 g/mol. The van der Waals surface area contributed by atoms with Crippen molar-refractivity contribution < 1.29 is 4.84 Å². The molecule has 0 aromatic carbocycles. The van der Waals surface area contributed by atoms with Crippen molar-refractivity contribution in [1.82, 2.24) is 5.48 Å². The minimum Gasteiger partial charge on any atom is -0.416 e. The third-order valence-electron chi connectivity index (χ3n) is 2.86. The molecule has 0 aromatic rings. The molecule has 11 heavy (non-hydrogen) atoms. The summed E-state index contributed by atoms with van der Waals surface area (Å²) in [6.07, 6.45) is 6.64. The molecule has 0 spiro atoms. The predicted octanol–water partition coefficient (Wildman–Crippen LogP) is 1.84. The van der Waals surface area contributed by atoms with Crippen molar-refractivity contribution in [3.8, 4) is 0 Å². The lowest BCUT2D eigenvalue weighted by atomic mass is 9.83. The lowest BCUT2D eigenvalue weighted by Gasteiger charge is -2.30. The van der Waals surface area contributed by atoms with Gasteiger partial charge in [-0.25, -0.2) is 0 Å². The van der Waals surface area contributed by atoms with Crippen LogP contribution in [0.3, 0.4) is 0 Å². The number of hydrogen-bond acceptors (Lipinski definition) is 2. The molecule has 0 aromatic heterocycles. The van der Waals surface area contributed by atoms with Crippen LogP contribution in [0.15, 0.2) is 12.3 Å². The molecule has 2 aliphatic rings. The van der Waals surface area contributed by atoms with Crippen LogP contribution in [0.1, 0.15) is 26.7 Å². The largest absolute Gasteiger partial charge is 0.416 e. The molecule has 1 atom stereocenters. The van der Waals surface area contributed by atoms with Gasteiger partial charge in [0.05, 0.1) is 5.54 Å². The van der Waals surface area contributed by atoms with Gasteiger partial charge in [-0.05, 0) is 30.8 Å². The molecule has 1 aliphatic heterocycles. The summed E-state index contributed by atoms with van der Waals surface area (Å²) in [5.74, 6) is 1.43. The van der Waals surface area contributed by atoms with Crippen molar-refractivity contribution in [2.45, 2.75) is 32.2 Å². The predicted molar refractivity (Wildman–Crippen MR) is 43.7 cm³/mol. The fourth-order valence-corrected chi connectivity index (χ4v) is 1.88. The molecule has 1 aliphatic carbocycles. The second-order valence-corrected chi connectivity index (χ2v) is 3.88. The molecule has 0 amide bonds. The smallest absolute Gasteiger partial charge is 0.109 e. The standard InChI is InChI=1S/C9H15NO/c1-7(2)9(8-3-4-8)5-6-11-10-9/h5-8,10H,3-4H2,1-2H3. The van der Waals surface area contributed by atoms with E-state index in [0.717, 1.165) is 5.92 Å². The maximum atomic E-state index is 5.09. The topological polar surface area (TPSA) is 21.3 Å². The van der Waals surface area contributed by atoms with Gasteiger partial charge >= 0.3 is 0 Å². The molecule has 2 heteroatoms. The van der Waals surface area contributed by atoms with Crippen LogP contribution < -0.4 is 5.48 Å². The maximum absolute atomic E-state index is 5.09. The van der Waals surface area contributed by atoms with Crippen LogP contribution in [0.25, 0.3) is 0 Å². The summed E-state index contributed by atoms with van der Waals surface area (Å²) >= 11 is 0. The van der Waals surface area contributed by atoms with E-state index < -0.39 is 0 Å². The highest BCUT2D eigenvalue weighted by molar-refractivity contribution is 5.15. The van der Waals surface area contributed by atoms with E-state index in [0.29, 0.717) is 5.92 Å². The molecule has 0 bridgehead atoms. The van der Waals surface area contributed by atoms with Gasteiger partial charge in [0.15, 0.2) is 0 Å². The minimum absolute atomic E-state index is 0.153. The van der Waals surface area contributed by atoms with E-state index >= 15 is 0 Å². The lowest BCUT2D eigenvalue weighted by Crippen LogP contribution is -2.46. The summed E-state index contributed by atoms with van der Waals surface area (Å²) in [6, 6.07) is 0. The minimum atomic E-state index is 0.153. The highest BCUT2D eigenvalue weighted by Gasteiger charge is 2.48. The number of hydrogen-bond donors (Lipinski definition) is 1. The van der Waals surface area contributed by atoms with E-state index in [2.05, 4.69) is 25.4 Å². The lowest BCUT2D eigenvalue weighted by molar-refractivity contribution is 0.0633. The number of rotatable bonds is 2. The van der Waals surface area contributed by atoms with E-state index in [4.69, 9.17) is 4.84 Å². The van der Waals surface area contributed by atoms with Crippen molar-refractivity contribution in [2.24, 2.45) is 11.8 Å².